The number of aromatic amines is 1. The topological polar surface area (TPSA) is 93.9 Å². The highest BCUT2D eigenvalue weighted by molar-refractivity contribution is 5.79. The predicted octanol–water partition coefficient (Wildman–Crippen LogP) is 1.69. The Hall–Kier alpha value is -2.89. The van der Waals surface area contributed by atoms with E-state index in [0.717, 1.165) is 10.9 Å². The third-order valence-electron chi connectivity index (χ3n) is 2.63. The van der Waals surface area contributed by atoms with Gasteiger partial charge in [0.25, 0.3) is 5.56 Å². The number of ether oxygens (including phenoxy) is 1. The van der Waals surface area contributed by atoms with Crippen LogP contribution in [-0.4, -0.2) is 15.0 Å². The average molecular weight is 254 g/mol. The number of anilines is 1. The summed E-state index contributed by atoms with van der Waals surface area (Å²) in [5.74, 6) is 0.546. The van der Waals surface area contributed by atoms with E-state index in [1.807, 2.05) is 30.3 Å². The number of para-hydroxylation sites is 1. The molecular weight excluding hydrogens is 244 g/mol. The summed E-state index contributed by atoms with van der Waals surface area (Å²) in [6, 6.07) is 9.45. The number of aromatic nitrogens is 3. The monoisotopic (exact) mass is 254 g/mol. The minimum absolute atomic E-state index is 0.0596. The Labute approximate surface area is 107 Å². The number of pyridine rings is 1. The number of hydrogen-bond donors (Lipinski definition) is 2. The molecule has 6 nitrogen and oxygen atoms in total. The lowest BCUT2D eigenvalue weighted by Crippen LogP contribution is -2.13. The molecule has 0 aliphatic carbocycles. The summed E-state index contributed by atoms with van der Waals surface area (Å²) >= 11 is 0. The zero-order valence-electron chi connectivity index (χ0n) is 9.83. The predicted molar refractivity (Wildman–Crippen MR) is 71.1 cm³/mol. The molecule has 2 heterocycles. The van der Waals surface area contributed by atoms with Crippen molar-refractivity contribution in [2.24, 2.45) is 0 Å². The van der Waals surface area contributed by atoms with E-state index in [1.54, 1.807) is 6.20 Å². The molecule has 0 atom stereocenters. The Balaban J connectivity index is 2.01. The second kappa shape index (κ2) is 4.41. The van der Waals surface area contributed by atoms with Crippen LogP contribution in [0.25, 0.3) is 10.9 Å². The first kappa shape index (κ1) is 11.2. The number of nitrogens with zero attached hydrogens (tertiary/aromatic N) is 2. The molecule has 3 aromatic rings. The molecule has 0 radical (unpaired) electrons. The van der Waals surface area contributed by atoms with Gasteiger partial charge in [-0.15, -0.1) is 0 Å². The highest BCUT2D eigenvalue weighted by atomic mass is 16.5. The number of H-pyrrole nitrogens is 1. The van der Waals surface area contributed by atoms with Gasteiger partial charge in [-0.1, -0.05) is 18.2 Å². The van der Waals surface area contributed by atoms with Gasteiger partial charge < -0.3 is 15.5 Å². The Morgan fingerprint density at radius 2 is 2.05 bits per heavy atom. The van der Waals surface area contributed by atoms with Crippen molar-refractivity contribution in [1.29, 1.82) is 0 Å². The fraction of sp³-hybridized carbons (Fsp3) is 0. The van der Waals surface area contributed by atoms with E-state index in [4.69, 9.17) is 10.5 Å². The zero-order valence-corrected chi connectivity index (χ0v) is 9.83. The summed E-state index contributed by atoms with van der Waals surface area (Å²) < 4.78 is 5.48. The van der Waals surface area contributed by atoms with Crippen molar-refractivity contribution in [3.8, 4) is 11.6 Å². The Kier molecular flexibility index (Phi) is 2.60. The van der Waals surface area contributed by atoms with Crippen molar-refractivity contribution < 1.29 is 4.74 Å². The standard InChI is InChI=1S/C13H10N4O2/c14-11-12(18)16-7-17-13(11)19-9-5-8-3-1-2-4-10(8)15-6-9/h1-7H,14H2,(H,16,17,18). The molecule has 94 valence electrons. The molecular formula is C13H10N4O2. The molecule has 1 aromatic carbocycles. The van der Waals surface area contributed by atoms with Crippen LogP contribution in [-0.2, 0) is 0 Å². The van der Waals surface area contributed by atoms with Crippen molar-refractivity contribution in [3.63, 3.8) is 0 Å². The largest absolute Gasteiger partial charge is 0.435 e. The highest BCUT2D eigenvalue weighted by Crippen LogP contribution is 2.24. The molecule has 6 heteroatoms. The van der Waals surface area contributed by atoms with Gasteiger partial charge in [-0.3, -0.25) is 9.78 Å². The smallest absolute Gasteiger partial charge is 0.277 e. The third kappa shape index (κ3) is 2.11. The molecule has 2 aromatic heterocycles. The van der Waals surface area contributed by atoms with Gasteiger partial charge in [0.1, 0.15) is 5.75 Å². The molecule has 19 heavy (non-hydrogen) atoms. The Morgan fingerprint density at radius 1 is 1.21 bits per heavy atom. The average Bonchev–Trinajstić information content (AvgIpc) is 2.44. The molecule has 0 amide bonds. The number of rotatable bonds is 2. The van der Waals surface area contributed by atoms with Crippen LogP contribution in [0.4, 0.5) is 5.69 Å². The molecule has 0 aliphatic rings. The molecule has 0 saturated carbocycles. The van der Waals surface area contributed by atoms with Gasteiger partial charge in [-0.25, -0.2) is 4.98 Å². The fourth-order valence-electron chi connectivity index (χ4n) is 1.69. The van der Waals surface area contributed by atoms with Crippen molar-refractivity contribution in [2.45, 2.75) is 0 Å². The summed E-state index contributed by atoms with van der Waals surface area (Å²) in [4.78, 5) is 21.8. The maximum atomic E-state index is 11.3. The molecule has 0 aliphatic heterocycles. The van der Waals surface area contributed by atoms with Crippen LogP contribution in [0.3, 0.4) is 0 Å². The van der Waals surface area contributed by atoms with Crippen LogP contribution in [0.15, 0.2) is 47.7 Å². The minimum atomic E-state index is -0.432. The van der Waals surface area contributed by atoms with Gasteiger partial charge in [0.2, 0.25) is 5.88 Å². The lowest BCUT2D eigenvalue weighted by Gasteiger charge is -2.06. The lowest BCUT2D eigenvalue weighted by atomic mass is 10.2. The van der Waals surface area contributed by atoms with Gasteiger partial charge in [-0.2, -0.15) is 0 Å². The summed E-state index contributed by atoms with van der Waals surface area (Å²) in [6.45, 7) is 0. The van der Waals surface area contributed by atoms with Crippen LogP contribution >= 0.6 is 0 Å². The molecule has 0 fully saturated rings. The van der Waals surface area contributed by atoms with E-state index in [-0.39, 0.29) is 11.6 Å². The molecule has 0 saturated heterocycles. The van der Waals surface area contributed by atoms with Crippen molar-refractivity contribution in [3.05, 3.63) is 53.2 Å². The van der Waals surface area contributed by atoms with Crippen LogP contribution < -0.4 is 16.0 Å². The first-order chi connectivity index (χ1) is 9.24. The van der Waals surface area contributed by atoms with Crippen LogP contribution in [0, 0.1) is 0 Å². The van der Waals surface area contributed by atoms with Crippen molar-refractivity contribution >= 4 is 16.6 Å². The fourth-order valence-corrected chi connectivity index (χ4v) is 1.69. The molecule has 0 unspecified atom stereocenters. The minimum Gasteiger partial charge on any atom is -0.435 e. The number of benzene rings is 1. The second-order valence-corrected chi connectivity index (χ2v) is 3.92. The maximum Gasteiger partial charge on any atom is 0.277 e. The number of fused-ring (bicyclic) bond motifs is 1. The first-order valence-corrected chi connectivity index (χ1v) is 5.60. The van der Waals surface area contributed by atoms with E-state index in [0.29, 0.717) is 5.75 Å². The summed E-state index contributed by atoms with van der Waals surface area (Å²) in [5.41, 5.74) is 5.96. The number of nitrogens with two attached hydrogens (primary N) is 1. The number of hydrogen-bond acceptors (Lipinski definition) is 5. The van der Waals surface area contributed by atoms with E-state index in [2.05, 4.69) is 15.0 Å². The third-order valence-corrected chi connectivity index (χ3v) is 2.63. The van der Waals surface area contributed by atoms with Gasteiger partial charge in [0.15, 0.2) is 5.69 Å². The van der Waals surface area contributed by atoms with Crippen molar-refractivity contribution in [2.75, 3.05) is 5.73 Å². The van der Waals surface area contributed by atoms with Crippen molar-refractivity contribution in [1.82, 2.24) is 15.0 Å². The number of nitrogen functional groups attached to an aromatic ring is 1. The normalized spacial score (nSPS) is 10.5. The first-order valence-electron chi connectivity index (χ1n) is 5.60. The van der Waals surface area contributed by atoms with Crippen LogP contribution in [0.2, 0.25) is 0 Å². The maximum absolute atomic E-state index is 11.3. The molecule has 0 spiro atoms. The summed E-state index contributed by atoms with van der Waals surface area (Å²) in [6.07, 6.45) is 2.80. The van der Waals surface area contributed by atoms with E-state index in [9.17, 15) is 4.79 Å². The zero-order chi connectivity index (χ0) is 13.2. The van der Waals surface area contributed by atoms with E-state index in [1.165, 1.54) is 6.33 Å². The molecule has 3 N–H and O–H groups in total. The molecule has 3 rings (SSSR count). The lowest BCUT2D eigenvalue weighted by molar-refractivity contribution is 0.462. The SMILES string of the molecule is Nc1c(Oc2cnc3ccccc3c2)nc[nH]c1=O. The van der Waals surface area contributed by atoms with E-state index >= 15 is 0 Å². The summed E-state index contributed by atoms with van der Waals surface area (Å²) in [7, 11) is 0. The highest BCUT2D eigenvalue weighted by Gasteiger charge is 2.07. The second-order valence-electron chi connectivity index (χ2n) is 3.92. The quantitative estimate of drug-likeness (QED) is 0.725. The number of nitrogens with one attached hydrogen (secondary N) is 1. The van der Waals surface area contributed by atoms with Crippen LogP contribution in [0.5, 0.6) is 11.6 Å². The van der Waals surface area contributed by atoms with Gasteiger partial charge in [-0.05, 0) is 12.1 Å². The van der Waals surface area contributed by atoms with Gasteiger partial charge in [0.05, 0.1) is 18.0 Å². The van der Waals surface area contributed by atoms with Gasteiger partial charge in [0, 0.05) is 5.39 Å². The Morgan fingerprint density at radius 3 is 2.95 bits per heavy atom. The van der Waals surface area contributed by atoms with Crippen LogP contribution in [0.1, 0.15) is 0 Å². The molecule has 0 bridgehead atoms. The van der Waals surface area contributed by atoms with E-state index < -0.39 is 5.56 Å². The van der Waals surface area contributed by atoms with Gasteiger partial charge >= 0.3 is 0 Å². The Bertz CT molecular complexity index is 798. The summed E-state index contributed by atoms with van der Waals surface area (Å²) in [5, 5.41) is 0.934.